The molecule has 2 aromatic rings. The van der Waals surface area contributed by atoms with E-state index in [1.54, 1.807) is 17.9 Å². The highest BCUT2D eigenvalue weighted by Gasteiger charge is 2.27. The average Bonchev–Trinajstić information content (AvgIpc) is 2.67. The lowest BCUT2D eigenvalue weighted by atomic mass is 10.1. The van der Waals surface area contributed by atoms with E-state index in [0.717, 1.165) is 17.5 Å². The zero-order valence-electron chi connectivity index (χ0n) is 16.1. The minimum absolute atomic E-state index is 0.0614. The van der Waals surface area contributed by atoms with Gasteiger partial charge in [-0.25, -0.2) is 0 Å². The number of rotatable bonds is 8. The molecule has 0 bridgehead atoms. The third-order valence-corrected chi connectivity index (χ3v) is 5.03. The van der Waals surface area contributed by atoms with Crippen molar-refractivity contribution in [2.75, 3.05) is 0 Å². The van der Waals surface area contributed by atoms with Crippen LogP contribution in [0.15, 0.2) is 54.6 Å². The molecule has 27 heavy (non-hydrogen) atoms. The smallest absolute Gasteiger partial charge is 0.242 e. The van der Waals surface area contributed by atoms with Gasteiger partial charge in [-0.1, -0.05) is 67.1 Å². The van der Waals surface area contributed by atoms with Crippen molar-refractivity contribution in [3.8, 4) is 0 Å². The van der Waals surface area contributed by atoms with Crippen LogP contribution < -0.4 is 5.32 Å². The van der Waals surface area contributed by atoms with Crippen LogP contribution in [0.25, 0.3) is 0 Å². The molecule has 144 valence electrons. The molecule has 2 atom stereocenters. The predicted molar refractivity (Wildman–Crippen MR) is 110 cm³/mol. The van der Waals surface area contributed by atoms with Gasteiger partial charge in [-0.05, 0) is 37.5 Å². The van der Waals surface area contributed by atoms with E-state index in [2.05, 4.69) is 5.32 Å². The van der Waals surface area contributed by atoms with Crippen molar-refractivity contribution in [2.45, 2.75) is 52.2 Å². The summed E-state index contributed by atoms with van der Waals surface area (Å²) >= 11 is 6.29. The van der Waals surface area contributed by atoms with Crippen LogP contribution in [0.3, 0.4) is 0 Å². The van der Waals surface area contributed by atoms with E-state index in [1.165, 1.54) is 0 Å². The zero-order chi connectivity index (χ0) is 19.8. The van der Waals surface area contributed by atoms with Crippen LogP contribution in [-0.4, -0.2) is 28.8 Å². The third-order valence-electron chi connectivity index (χ3n) is 4.67. The van der Waals surface area contributed by atoms with E-state index >= 15 is 0 Å². The number of carbonyl (C=O) groups is 2. The maximum atomic E-state index is 13.0. The lowest BCUT2D eigenvalue weighted by Crippen LogP contribution is -2.49. The molecule has 0 heterocycles. The van der Waals surface area contributed by atoms with Gasteiger partial charge < -0.3 is 10.2 Å². The molecule has 0 spiro atoms. The second-order valence-electron chi connectivity index (χ2n) is 6.77. The van der Waals surface area contributed by atoms with Crippen molar-refractivity contribution < 1.29 is 9.59 Å². The monoisotopic (exact) mass is 386 g/mol. The van der Waals surface area contributed by atoms with Crippen molar-refractivity contribution in [1.82, 2.24) is 10.2 Å². The van der Waals surface area contributed by atoms with Crippen LogP contribution in [0, 0.1) is 0 Å². The van der Waals surface area contributed by atoms with Gasteiger partial charge in [0.05, 0.1) is 6.42 Å². The van der Waals surface area contributed by atoms with E-state index in [-0.39, 0.29) is 24.3 Å². The van der Waals surface area contributed by atoms with Gasteiger partial charge in [0, 0.05) is 17.6 Å². The summed E-state index contributed by atoms with van der Waals surface area (Å²) in [6.45, 7) is 6.02. The quantitative estimate of drug-likeness (QED) is 0.738. The Bertz CT molecular complexity index is 764. The van der Waals surface area contributed by atoms with Crippen LogP contribution in [0.1, 0.15) is 38.3 Å². The summed E-state index contributed by atoms with van der Waals surface area (Å²) in [4.78, 5) is 27.3. The molecule has 2 amide bonds. The fourth-order valence-corrected chi connectivity index (χ4v) is 2.93. The van der Waals surface area contributed by atoms with Gasteiger partial charge in [0.25, 0.3) is 0 Å². The molecule has 0 fully saturated rings. The van der Waals surface area contributed by atoms with Gasteiger partial charge in [0.2, 0.25) is 11.8 Å². The summed E-state index contributed by atoms with van der Waals surface area (Å²) in [5.41, 5.74) is 1.74. The highest BCUT2D eigenvalue weighted by atomic mass is 35.5. The van der Waals surface area contributed by atoms with E-state index < -0.39 is 6.04 Å². The number of nitrogens with zero attached hydrogens (tertiary/aromatic N) is 1. The number of halogens is 1. The first-order valence-electron chi connectivity index (χ1n) is 9.29. The van der Waals surface area contributed by atoms with E-state index in [4.69, 9.17) is 11.6 Å². The highest BCUT2D eigenvalue weighted by molar-refractivity contribution is 6.31. The maximum Gasteiger partial charge on any atom is 0.242 e. The summed E-state index contributed by atoms with van der Waals surface area (Å²) in [6, 6.07) is 16.4. The Balaban J connectivity index is 2.22. The minimum Gasteiger partial charge on any atom is -0.352 e. The Morgan fingerprint density at radius 3 is 2.30 bits per heavy atom. The average molecular weight is 387 g/mol. The maximum absolute atomic E-state index is 13.0. The normalized spacial score (nSPS) is 12.9. The van der Waals surface area contributed by atoms with Gasteiger partial charge in [-0.2, -0.15) is 0 Å². The topological polar surface area (TPSA) is 49.4 Å². The first-order chi connectivity index (χ1) is 12.9. The van der Waals surface area contributed by atoms with Gasteiger partial charge >= 0.3 is 0 Å². The fraction of sp³-hybridized carbons (Fsp3) is 0.364. The number of hydrogen-bond donors (Lipinski definition) is 1. The molecule has 5 heteroatoms. The lowest BCUT2D eigenvalue weighted by molar-refractivity contribution is -0.140. The van der Waals surface area contributed by atoms with Gasteiger partial charge in [-0.3, -0.25) is 9.59 Å². The molecular formula is C22H27ClN2O2. The number of amides is 2. The summed E-state index contributed by atoms with van der Waals surface area (Å²) in [5.74, 6) is -0.259. The number of nitrogens with one attached hydrogen (secondary N) is 1. The van der Waals surface area contributed by atoms with Crippen molar-refractivity contribution in [1.29, 1.82) is 0 Å². The largest absolute Gasteiger partial charge is 0.352 e. The molecule has 2 rings (SSSR count). The van der Waals surface area contributed by atoms with E-state index in [1.807, 2.05) is 62.4 Å². The van der Waals surface area contributed by atoms with E-state index in [0.29, 0.717) is 11.6 Å². The molecule has 0 radical (unpaired) electrons. The third kappa shape index (κ3) is 6.10. The van der Waals surface area contributed by atoms with Crippen LogP contribution in [0.4, 0.5) is 0 Å². The SMILES string of the molecule is CC[C@@H](C)NC(=O)[C@H](C)N(Cc1ccccc1Cl)C(=O)Cc1ccccc1. The molecule has 2 aromatic carbocycles. The molecular weight excluding hydrogens is 360 g/mol. The number of hydrogen-bond acceptors (Lipinski definition) is 2. The summed E-state index contributed by atoms with van der Waals surface area (Å²) in [5, 5.41) is 3.55. The number of benzene rings is 2. The molecule has 0 aromatic heterocycles. The fourth-order valence-electron chi connectivity index (χ4n) is 2.73. The molecule has 4 nitrogen and oxygen atoms in total. The first kappa shape index (κ1) is 21.0. The summed E-state index contributed by atoms with van der Waals surface area (Å²) < 4.78 is 0. The molecule has 0 saturated heterocycles. The van der Waals surface area contributed by atoms with Crippen LogP contribution in [0.2, 0.25) is 5.02 Å². The standard InChI is InChI=1S/C22H27ClN2O2/c1-4-16(2)24-22(27)17(3)25(15-19-12-8-9-13-20(19)23)21(26)14-18-10-6-5-7-11-18/h5-13,16-17H,4,14-15H2,1-3H3,(H,24,27)/t16-,17+/m1/s1. The Kier molecular flexibility index (Phi) is 7.86. The van der Waals surface area contributed by atoms with Crippen LogP contribution in [-0.2, 0) is 22.6 Å². The molecule has 0 aliphatic rings. The van der Waals surface area contributed by atoms with Crippen LogP contribution in [0.5, 0.6) is 0 Å². The van der Waals surface area contributed by atoms with Crippen LogP contribution >= 0.6 is 11.6 Å². The molecule has 0 saturated carbocycles. The lowest BCUT2D eigenvalue weighted by Gasteiger charge is -2.30. The van der Waals surface area contributed by atoms with Gasteiger partial charge in [-0.15, -0.1) is 0 Å². The second kappa shape index (κ2) is 10.1. The Hall–Kier alpha value is -2.33. The summed E-state index contributed by atoms with van der Waals surface area (Å²) in [7, 11) is 0. The minimum atomic E-state index is -0.591. The van der Waals surface area contributed by atoms with Crippen molar-refractivity contribution in [3.05, 3.63) is 70.7 Å². The Morgan fingerprint density at radius 2 is 1.67 bits per heavy atom. The molecule has 0 aliphatic heterocycles. The van der Waals surface area contributed by atoms with Crippen molar-refractivity contribution in [2.24, 2.45) is 0 Å². The molecule has 1 N–H and O–H groups in total. The Labute approximate surface area is 166 Å². The second-order valence-corrected chi connectivity index (χ2v) is 7.18. The highest BCUT2D eigenvalue weighted by Crippen LogP contribution is 2.19. The molecule has 0 aliphatic carbocycles. The summed E-state index contributed by atoms with van der Waals surface area (Å²) in [6.07, 6.45) is 1.08. The van der Waals surface area contributed by atoms with E-state index in [9.17, 15) is 9.59 Å². The van der Waals surface area contributed by atoms with Gasteiger partial charge in [0.1, 0.15) is 6.04 Å². The molecule has 0 unspecified atom stereocenters. The zero-order valence-corrected chi connectivity index (χ0v) is 16.9. The predicted octanol–water partition coefficient (Wildman–Crippen LogP) is 4.21. The van der Waals surface area contributed by atoms with Crippen molar-refractivity contribution >= 4 is 23.4 Å². The Morgan fingerprint density at radius 1 is 1.04 bits per heavy atom. The first-order valence-corrected chi connectivity index (χ1v) is 9.67. The van der Waals surface area contributed by atoms with Crippen molar-refractivity contribution in [3.63, 3.8) is 0 Å². The number of carbonyl (C=O) groups excluding carboxylic acids is 2. The van der Waals surface area contributed by atoms with Gasteiger partial charge in [0.15, 0.2) is 0 Å².